The summed E-state index contributed by atoms with van der Waals surface area (Å²) in [6.45, 7) is 13.1. The molecule has 0 aliphatic carbocycles. The molecule has 2 rings (SSSR count). The van der Waals surface area contributed by atoms with E-state index in [1.807, 2.05) is 13.0 Å². The van der Waals surface area contributed by atoms with Gasteiger partial charge in [-0.15, -0.1) is 11.3 Å². The van der Waals surface area contributed by atoms with Gasteiger partial charge in [-0.1, -0.05) is 32.8 Å². The smallest absolute Gasteiger partial charge is 0.250 e. The van der Waals surface area contributed by atoms with Gasteiger partial charge in [0.25, 0.3) is 0 Å². The molecular formula is C16H23N3OSSi. The van der Waals surface area contributed by atoms with Crippen LogP contribution in [0.25, 0.3) is 20.5 Å². The number of benzene rings is 1. The molecule has 0 saturated carbocycles. The van der Waals surface area contributed by atoms with E-state index in [1.54, 1.807) is 11.3 Å². The molecule has 1 aromatic carbocycles. The molecule has 0 saturated heterocycles. The van der Waals surface area contributed by atoms with Crippen LogP contribution in [-0.4, -0.2) is 8.32 Å². The van der Waals surface area contributed by atoms with Crippen molar-refractivity contribution in [3.8, 4) is 5.75 Å². The third kappa shape index (κ3) is 3.46. The van der Waals surface area contributed by atoms with Crippen LogP contribution in [0.1, 0.15) is 38.6 Å². The maximum absolute atomic E-state index is 8.57. The highest BCUT2D eigenvalue weighted by molar-refractivity contribution is 7.19. The van der Waals surface area contributed by atoms with Gasteiger partial charge in [0.1, 0.15) is 5.75 Å². The summed E-state index contributed by atoms with van der Waals surface area (Å²) in [5.74, 6) is 0.930. The molecule has 0 aliphatic rings. The van der Waals surface area contributed by atoms with Gasteiger partial charge in [0.2, 0.25) is 8.32 Å². The van der Waals surface area contributed by atoms with E-state index in [0.717, 1.165) is 16.0 Å². The Hall–Kier alpha value is -1.49. The summed E-state index contributed by atoms with van der Waals surface area (Å²) < 4.78 is 7.55. The first-order chi connectivity index (χ1) is 10.1. The van der Waals surface area contributed by atoms with E-state index in [0.29, 0.717) is 0 Å². The van der Waals surface area contributed by atoms with Crippen LogP contribution in [0.2, 0.25) is 18.1 Å². The first-order valence-corrected chi connectivity index (χ1v) is 11.1. The van der Waals surface area contributed by atoms with E-state index in [4.69, 9.17) is 9.96 Å². The average molecular weight is 334 g/mol. The van der Waals surface area contributed by atoms with E-state index in [9.17, 15) is 0 Å². The maximum Gasteiger partial charge on any atom is 0.250 e. The largest absolute Gasteiger partial charge is 0.543 e. The summed E-state index contributed by atoms with van der Waals surface area (Å²) in [4.78, 5) is 3.97. The van der Waals surface area contributed by atoms with E-state index in [1.165, 1.54) is 4.70 Å². The van der Waals surface area contributed by atoms with Gasteiger partial charge in [-0.25, -0.2) is 0 Å². The van der Waals surface area contributed by atoms with Crippen molar-refractivity contribution in [1.82, 2.24) is 0 Å². The van der Waals surface area contributed by atoms with Crippen LogP contribution < -0.4 is 4.43 Å². The van der Waals surface area contributed by atoms with Crippen molar-refractivity contribution in [3.05, 3.63) is 39.6 Å². The van der Waals surface area contributed by atoms with Crippen LogP contribution in [0.5, 0.6) is 5.75 Å². The molecule has 0 bridgehead atoms. The van der Waals surface area contributed by atoms with Gasteiger partial charge in [-0.2, -0.15) is 0 Å². The van der Waals surface area contributed by atoms with Crippen molar-refractivity contribution in [3.63, 3.8) is 0 Å². The zero-order valence-electron chi connectivity index (χ0n) is 14.0. The topological polar surface area (TPSA) is 58.0 Å². The first kappa shape index (κ1) is 16.9. The van der Waals surface area contributed by atoms with Crippen molar-refractivity contribution in [2.75, 3.05) is 0 Å². The lowest BCUT2D eigenvalue weighted by Crippen LogP contribution is -2.43. The molecule has 0 spiro atoms. The Bertz CT molecular complexity index is 727. The monoisotopic (exact) mass is 333 g/mol. The normalized spacial score (nSPS) is 13.7. The number of thiophene rings is 1. The molecule has 1 aromatic heterocycles. The summed E-state index contributed by atoms with van der Waals surface area (Å²) in [6, 6.07) is 8.19. The van der Waals surface area contributed by atoms with Gasteiger partial charge in [0.05, 0.1) is 6.04 Å². The number of rotatable bonds is 4. The van der Waals surface area contributed by atoms with E-state index in [2.05, 4.69) is 62.1 Å². The minimum absolute atomic E-state index is 0.132. The molecule has 0 amide bonds. The van der Waals surface area contributed by atoms with Crippen molar-refractivity contribution in [2.24, 2.45) is 5.11 Å². The number of azide groups is 1. The van der Waals surface area contributed by atoms with Crippen molar-refractivity contribution in [2.45, 2.75) is 51.9 Å². The fraction of sp³-hybridized carbons (Fsp3) is 0.500. The molecule has 22 heavy (non-hydrogen) atoms. The highest BCUT2D eigenvalue weighted by Gasteiger charge is 2.38. The van der Waals surface area contributed by atoms with E-state index in [-0.39, 0.29) is 11.1 Å². The molecule has 118 valence electrons. The first-order valence-electron chi connectivity index (χ1n) is 7.41. The SMILES string of the molecule is CC(N=[N+]=[N-])c1cc2cc(O[Si](C)(C)C(C)(C)C)ccc2s1. The molecule has 0 N–H and O–H groups in total. The third-order valence-corrected chi connectivity index (χ3v) is 9.97. The number of nitrogens with zero attached hydrogens (tertiary/aromatic N) is 3. The van der Waals surface area contributed by atoms with Crippen molar-refractivity contribution in [1.29, 1.82) is 0 Å². The molecule has 0 fully saturated rings. The second kappa shape index (κ2) is 5.95. The van der Waals surface area contributed by atoms with Gasteiger partial charge in [0, 0.05) is 14.5 Å². The van der Waals surface area contributed by atoms with Crippen LogP contribution in [0.4, 0.5) is 0 Å². The summed E-state index contributed by atoms with van der Waals surface area (Å²) in [7, 11) is -1.82. The molecule has 4 nitrogen and oxygen atoms in total. The Labute approximate surface area is 136 Å². The molecule has 2 aromatic rings. The number of hydrogen-bond donors (Lipinski definition) is 0. The van der Waals surface area contributed by atoms with Gasteiger partial charge in [-0.3, -0.25) is 0 Å². The third-order valence-electron chi connectivity index (χ3n) is 4.32. The predicted molar refractivity (Wildman–Crippen MR) is 97.2 cm³/mol. The molecular weight excluding hydrogens is 310 g/mol. The van der Waals surface area contributed by atoms with Crippen LogP contribution in [0, 0.1) is 0 Å². The van der Waals surface area contributed by atoms with Crippen LogP contribution >= 0.6 is 11.3 Å². The Morgan fingerprint density at radius 3 is 2.55 bits per heavy atom. The lowest BCUT2D eigenvalue weighted by Gasteiger charge is -2.36. The zero-order valence-corrected chi connectivity index (χ0v) is 15.9. The van der Waals surface area contributed by atoms with Gasteiger partial charge < -0.3 is 4.43 Å². The molecule has 1 atom stereocenters. The number of fused-ring (bicyclic) bond motifs is 1. The lowest BCUT2D eigenvalue weighted by molar-refractivity contribution is 0.493. The summed E-state index contributed by atoms with van der Waals surface area (Å²) in [6.07, 6.45) is 0. The summed E-state index contributed by atoms with van der Waals surface area (Å²) in [5.41, 5.74) is 8.57. The lowest BCUT2D eigenvalue weighted by atomic mass is 10.2. The maximum atomic E-state index is 8.57. The summed E-state index contributed by atoms with van der Waals surface area (Å²) >= 11 is 1.67. The summed E-state index contributed by atoms with van der Waals surface area (Å²) in [5, 5.41) is 5.10. The fourth-order valence-corrected chi connectivity index (χ4v) is 3.95. The standard InChI is InChI=1S/C16H23N3OSSi/c1-11(18-19-17)15-10-12-9-13(7-8-14(12)21-15)20-22(5,6)16(2,3)4/h7-11H,1-6H3. The molecule has 0 aliphatic heterocycles. The predicted octanol–water partition coefficient (Wildman–Crippen LogP) is 6.66. The number of hydrogen-bond acceptors (Lipinski definition) is 3. The van der Waals surface area contributed by atoms with Gasteiger partial charge in [0.15, 0.2) is 0 Å². The van der Waals surface area contributed by atoms with E-state index >= 15 is 0 Å². The minimum atomic E-state index is -1.82. The Morgan fingerprint density at radius 1 is 1.27 bits per heavy atom. The van der Waals surface area contributed by atoms with Gasteiger partial charge in [-0.05, 0) is 53.3 Å². The molecule has 1 unspecified atom stereocenters. The Kier molecular flexibility index (Phi) is 4.56. The second-order valence-corrected chi connectivity index (χ2v) is 12.9. The fourth-order valence-electron chi connectivity index (χ4n) is 1.89. The Balaban J connectivity index is 2.33. The molecule has 6 heteroatoms. The van der Waals surface area contributed by atoms with E-state index < -0.39 is 8.32 Å². The van der Waals surface area contributed by atoms with Crippen LogP contribution in [0.15, 0.2) is 29.4 Å². The van der Waals surface area contributed by atoms with Crippen LogP contribution in [0.3, 0.4) is 0 Å². The Morgan fingerprint density at radius 2 is 1.95 bits per heavy atom. The average Bonchev–Trinajstić information content (AvgIpc) is 2.80. The highest BCUT2D eigenvalue weighted by Crippen LogP contribution is 2.39. The highest BCUT2D eigenvalue weighted by atomic mass is 32.1. The molecule has 1 heterocycles. The van der Waals surface area contributed by atoms with Crippen molar-refractivity contribution < 1.29 is 4.43 Å². The van der Waals surface area contributed by atoms with Gasteiger partial charge >= 0.3 is 0 Å². The van der Waals surface area contributed by atoms with Crippen LogP contribution in [-0.2, 0) is 0 Å². The second-order valence-electron chi connectivity index (χ2n) is 7.09. The zero-order chi connectivity index (χ0) is 16.5. The van der Waals surface area contributed by atoms with Crippen molar-refractivity contribution >= 4 is 29.7 Å². The minimum Gasteiger partial charge on any atom is -0.543 e. The quantitative estimate of drug-likeness (QED) is 0.267. The molecule has 0 radical (unpaired) electrons.